The van der Waals surface area contributed by atoms with E-state index in [0.29, 0.717) is 0 Å². The SMILES string of the molecule is CCOC(=O)CNC(=O)C(CC(=O)NC(=O)OCc1ccccc1)NNC(=O)OC(C)(C)C. The number of carbonyl (C=O) groups is 5. The Labute approximate surface area is 191 Å². The highest BCUT2D eigenvalue weighted by molar-refractivity contribution is 5.96. The van der Waals surface area contributed by atoms with Crippen LogP contribution in [0.2, 0.25) is 0 Å². The molecule has 0 aliphatic heterocycles. The van der Waals surface area contributed by atoms with E-state index in [1.807, 2.05) is 5.32 Å². The molecule has 0 saturated carbocycles. The molecule has 1 aromatic rings. The summed E-state index contributed by atoms with van der Waals surface area (Å²) in [4.78, 5) is 59.8. The largest absolute Gasteiger partial charge is 0.465 e. The second-order valence-electron chi connectivity index (χ2n) is 7.66. The van der Waals surface area contributed by atoms with Gasteiger partial charge in [-0.1, -0.05) is 30.3 Å². The first kappa shape index (κ1) is 27.4. The molecule has 0 heterocycles. The summed E-state index contributed by atoms with van der Waals surface area (Å²) in [5.74, 6) is -2.34. The van der Waals surface area contributed by atoms with Gasteiger partial charge in [-0.3, -0.25) is 25.1 Å². The summed E-state index contributed by atoms with van der Waals surface area (Å²) in [5, 5.41) is 4.27. The Morgan fingerprint density at radius 3 is 2.24 bits per heavy atom. The lowest BCUT2D eigenvalue weighted by Gasteiger charge is -2.22. The molecule has 0 radical (unpaired) electrons. The minimum Gasteiger partial charge on any atom is -0.465 e. The predicted octanol–water partition coefficient (Wildman–Crippen LogP) is 0.907. The van der Waals surface area contributed by atoms with Gasteiger partial charge in [-0.2, -0.15) is 0 Å². The van der Waals surface area contributed by atoms with Crippen LogP contribution in [-0.2, 0) is 35.2 Å². The number of hydrogen-bond donors (Lipinski definition) is 4. The van der Waals surface area contributed by atoms with Crippen LogP contribution in [0.3, 0.4) is 0 Å². The standard InChI is InChI=1S/C21H30N4O8/c1-5-31-17(27)12-22-18(28)15(24-25-20(30)33-21(2,3)4)11-16(26)23-19(29)32-13-14-9-7-6-8-10-14/h6-10,15,24H,5,11-13H2,1-4H3,(H,22,28)(H,25,30)(H,23,26,29). The molecule has 12 heteroatoms. The van der Waals surface area contributed by atoms with Crippen LogP contribution in [0.25, 0.3) is 0 Å². The zero-order valence-electron chi connectivity index (χ0n) is 19.1. The third kappa shape index (κ3) is 12.7. The molecule has 1 aromatic carbocycles. The minimum atomic E-state index is -1.34. The van der Waals surface area contributed by atoms with Crippen LogP contribution in [0.5, 0.6) is 0 Å². The van der Waals surface area contributed by atoms with Gasteiger partial charge in [-0.05, 0) is 33.3 Å². The predicted molar refractivity (Wildman–Crippen MR) is 115 cm³/mol. The van der Waals surface area contributed by atoms with Crippen LogP contribution >= 0.6 is 0 Å². The number of benzene rings is 1. The van der Waals surface area contributed by atoms with Gasteiger partial charge < -0.3 is 19.5 Å². The molecule has 0 bridgehead atoms. The average molecular weight is 466 g/mol. The Bertz CT molecular complexity index is 823. The van der Waals surface area contributed by atoms with E-state index in [0.717, 1.165) is 5.56 Å². The van der Waals surface area contributed by atoms with Crippen molar-refractivity contribution in [1.29, 1.82) is 0 Å². The number of rotatable bonds is 10. The summed E-state index contributed by atoms with van der Waals surface area (Å²) in [7, 11) is 0. The molecule has 182 valence electrons. The maximum absolute atomic E-state index is 12.4. The number of hydrazine groups is 1. The third-order valence-electron chi connectivity index (χ3n) is 3.62. The normalized spacial score (nSPS) is 11.5. The molecule has 0 spiro atoms. The lowest BCUT2D eigenvalue weighted by molar-refractivity contribution is -0.143. The van der Waals surface area contributed by atoms with Crippen molar-refractivity contribution in [2.75, 3.05) is 13.2 Å². The van der Waals surface area contributed by atoms with Crippen LogP contribution in [0.1, 0.15) is 39.7 Å². The van der Waals surface area contributed by atoms with E-state index in [2.05, 4.69) is 16.2 Å². The number of esters is 1. The van der Waals surface area contributed by atoms with E-state index >= 15 is 0 Å². The molecule has 0 aliphatic rings. The molecular weight excluding hydrogens is 436 g/mol. The van der Waals surface area contributed by atoms with Crippen molar-refractivity contribution in [3.05, 3.63) is 35.9 Å². The lowest BCUT2D eigenvalue weighted by atomic mass is 10.2. The van der Waals surface area contributed by atoms with Crippen molar-refractivity contribution in [2.45, 2.75) is 52.4 Å². The fourth-order valence-corrected chi connectivity index (χ4v) is 2.26. The molecule has 12 nitrogen and oxygen atoms in total. The smallest absolute Gasteiger partial charge is 0.422 e. The molecular formula is C21H30N4O8. The summed E-state index contributed by atoms with van der Waals surface area (Å²) < 4.78 is 14.7. The first-order valence-corrected chi connectivity index (χ1v) is 10.2. The van der Waals surface area contributed by atoms with Gasteiger partial charge in [0.05, 0.1) is 13.0 Å². The van der Waals surface area contributed by atoms with Gasteiger partial charge in [0, 0.05) is 0 Å². The van der Waals surface area contributed by atoms with Crippen molar-refractivity contribution in [3.8, 4) is 0 Å². The Morgan fingerprint density at radius 1 is 0.970 bits per heavy atom. The van der Waals surface area contributed by atoms with Gasteiger partial charge in [0.1, 0.15) is 24.8 Å². The Hall–Kier alpha value is -3.67. The summed E-state index contributed by atoms with van der Waals surface area (Å²) >= 11 is 0. The number of nitrogens with one attached hydrogen (secondary N) is 4. The van der Waals surface area contributed by atoms with E-state index in [1.165, 1.54) is 0 Å². The molecule has 33 heavy (non-hydrogen) atoms. The molecule has 1 rings (SSSR count). The maximum Gasteiger partial charge on any atom is 0.422 e. The van der Waals surface area contributed by atoms with Crippen molar-refractivity contribution in [3.63, 3.8) is 0 Å². The number of ether oxygens (including phenoxy) is 3. The molecule has 1 unspecified atom stereocenters. The minimum absolute atomic E-state index is 0.0537. The first-order chi connectivity index (χ1) is 15.5. The van der Waals surface area contributed by atoms with Gasteiger partial charge in [-0.25, -0.2) is 15.0 Å². The highest BCUT2D eigenvalue weighted by Crippen LogP contribution is 2.06. The fourth-order valence-electron chi connectivity index (χ4n) is 2.26. The van der Waals surface area contributed by atoms with Crippen LogP contribution in [-0.4, -0.2) is 54.8 Å². The second kappa shape index (κ2) is 13.7. The highest BCUT2D eigenvalue weighted by Gasteiger charge is 2.25. The zero-order valence-corrected chi connectivity index (χ0v) is 19.1. The summed E-state index contributed by atoms with van der Waals surface area (Å²) in [6.07, 6.45) is -2.46. The summed E-state index contributed by atoms with van der Waals surface area (Å²) in [6, 6.07) is 7.48. The quantitative estimate of drug-likeness (QED) is 0.223. The average Bonchev–Trinajstić information content (AvgIpc) is 2.73. The molecule has 0 saturated heterocycles. The Kier molecular flexibility index (Phi) is 11.3. The number of imide groups is 1. The van der Waals surface area contributed by atoms with Gasteiger partial charge in [0.15, 0.2) is 0 Å². The maximum atomic E-state index is 12.4. The Morgan fingerprint density at radius 2 is 1.64 bits per heavy atom. The number of hydrogen-bond acceptors (Lipinski definition) is 9. The van der Waals surface area contributed by atoms with Crippen LogP contribution in [0.15, 0.2) is 30.3 Å². The van der Waals surface area contributed by atoms with E-state index in [4.69, 9.17) is 14.2 Å². The lowest BCUT2D eigenvalue weighted by Crippen LogP contribution is -2.55. The Balaban J connectivity index is 2.65. The van der Waals surface area contributed by atoms with Crippen molar-refractivity contribution < 1.29 is 38.2 Å². The van der Waals surface area contributed by atoms with Crippen LogP contribution in [0, 0.1) is 0 Å². The molecule has 0 aromatic heterocycles. The molecule has 4 N–H and O–H groups in total. The first-order valence-electron chi connectivity index (χ1n) is 10.2. The zero-order chi connectivity index (χ0) is 24.9. The van der Waals surface area contributed by atoms with Gasteiger partial charge >= 0.3 is 18.2 Å². The summed E-state index contributed by atoms with van der Waals surface area (Å²) in [6.45, 7) is 6.17. The fraction of sp³-hybridized carbons (Fsp3) is 0.476. The van der Waals surface area contributed by atoms with Gasteiger partial charge in [0.2, 0.25) is 11.8 Å². The van der Waals surface area contributed by atoms with E-state index in [1.54, 1.807) is 58.0 Å². The molecule has 0 fully saturated rings. The summed E-state index contributed by atoms with van der Waals surface area (Å²) in [5.41, 5.74) is 4.44. The van der Waals surface area contributed by atoms with Crippen molar-refractivity contribution >= 4 is 30.0 Å². The van der Waals surface area contributed by atoms with Crippen molar-refractivity contribution in [2.24, 2.45) is 0 Å². The van der Waals surface area contributed by atoms with E-state index < -0.39 is 54.6 Å². The number of carbonyl (C=O) groups excluding carboxylic acids is 5. The number of amides is 4. The van der Waals surface area contributed by atoms with E-state index in [-0.39, 0.29) is 13.2 Å². The topological polar surface area (TPSA) is 161 Å². The highest BCUT2D eigenvalue weighted by atomic mass is 16.6. The molecule has 4 amide bonds. The number of alkyl carbamates (subject to hydrolysis) is 1. The van der Waals surface area contributed by atoms with Gasteiger partial charge in [-0.15, -0.1) is 0 Å². The van der Waals surface area contributed by atoms with Crippen LogP contribution < -0.4 is 21.5 Å². The van der Waals surface area contributed by atoms with Crippen molar-refractivity contribution in [1.82, 2.24) is 21.5 Å². The van der Waals surface area contributed by atoms with Gasteiger partial charge in [0.25, 0.3) is 0 Å². The third-order valence-corrected chi connectivity index (χ3v) is 3.62. The molecule has 1 atom stereocenters. The molecule has 0 aliphatic carbocycles. The van der Waals surface area contributed by atoms with E-state index in [9.17, 15) is 24.0 Å². The monoisotopic (exact) mass is 466 g/mol. The second-order valence-corrected chi connectivity index (χ2v) is 7.66. The van der Waals surface area contributed by atoms with Crippen LogP contribution in [0.4, 0.5) is 9.59 Å².